The zero-order chi connectivity index (χ0) is 21.5. The zero-order valence-electron chi connectivity index (χ0n) is 19.1. The number of hydrogen-bond acceptors (Lipinski definition) is 0. The zero-order valence-corrected chi connectivity index (χ0v) is 24.0. The molecule has 4 rings (SSSR count). The van der Waals surface area contributed by atoms with Crippen LogP contribution in [0.4, 0.5) is 0 Å². The molecule has 2 aliphatic rings. The Hall–Kier alpha value is -0.400. The summed E-state index contributed by atoms with van der Waals surface area (Å²) in [6.45, 7) is 17.4. The molecule has 0 aliphatic heterocycles. The fourth-order valence-corrected chi connectivity index (χ4v) is 8.21. The molecule has 0 nitrogen and oxygen atoms in total. The molecule has 0 fully saturated rings. The maximum atomic E-state index is 7.54. The third-order valence-electron chi connectivity index (χ3n) is 7.32. The van der Waals surface area contributed by atoms with Gasteiger partial charge in [-0.15, -0.1) is 23.2 Å². The molecule has 0 aromatic heterocycles. The van der Waals surface area contributed by atoms with Crippen molar-refractivity contribution in [2.45, 2.75) is 64.4 Å². The molecule has 2 atom stereocenters. The molecule has 0 N–H and O–H groups in total. The SMILES string of the molecule is CC1=C(C)C(Cl)([Si]C2(Cl)C(C)=C(C)c3cc(C)c(C)cc32)c2cc(C)c(C)cc21.[Zr]. The summed E-state index contributed by atoms with van der Waals surface area (Å²) in [5, 5.41) is 0. The summed E-state index contributed by atoms with van der Waals surface area (Å²) < 4.78 is -1.14. The minimum atomic E-state index is -0.568. The molecule has 0 saturated heterocycles. The third-order valence-corrected chi connectivity index (χ3v) is 10.8. The van der Waals surface area contributed by atoms with Crippen LogP contribution in [0.1, 0.15) is 72.2 Å². The maximum Gasteiger partial charge on any atom is 0.118 e. The number of alkyl halides is 2. The molecular formula is C26H28Cl2SiZr. The first-order valence-corrected chi connectivity index (χ1v) is 11.9. The maximum absolute atomic E-state index is 7.54. The standard InChI is InChI=1S/C26H28Cl2Si.Zr/c1-13-9-21-17(5)19(7)25(27,23(21)11-15(13)3)29-26(28)20(8)18(6)22-10-14(2)16(4)12-24(22)26;/h9-12H,1-8H3;. The Bertz CT molecular complexity index is 1050. The Morgan fingerprint density at radius 1 is 0.567 bits per heavy atom. The summed E-state index contributed by atoms with van der Waals surface area (Å²) in [6.07, 6.45) is 0. The van der Waals surface area contributed by atoms with Gasteiger partial charge in [-0.2, -0.15) is 0 Å². The normalized spacial score (nSPS) is 24.9. The molecule has 0 spiro atoms. The van der Waals surface area contributed by atoms with Gasteiger partial charge < -0.3 is 0 Å². The third kappa shape index (κ3) is 3.24. The van der Waals surface area contributed by atoms with Crippen molar-refractivity contribution in [3.05, 3.63) is 79.9 Å². The van der Waals surface area contributed by atoms with Gasteiger partial charge in [-0.05, 0) is 122 Å². The summed E-state index contributed by atoms with van der Waals surface area (Å²) in [7, 11) is 0.313. The fraction of sp³-hybridized carbons (Fsp3) is 0.385. The Balaban J connectivity index is 0.00000256. The van der Waals surface area contributed by atoms with Gasteiger partial charge in [-0.3, -0.25) is 0 Å². The van der Waals surface area contributed by atoms with E-state index in [1.54, 1.807) is 0 Å². The topological polar surface area (TPSA) is 0 Å². The van der Waals surface area contributed by atoms with E-state index in [-0.39, 0.29) is 26.2 Å². The number of allylic oxidation sites excluding steroid dienone is 4. The van der Waals surface area contributed by atoms with Crippen molar-refractivity contribution in [2.24, 2.45) is 0 Å². The molecule has 2 unspecified atom stereocenters. The van der Waals surface area contributed by atoms with Crippen LogP contribution in [0, 0.1) is 27.7 Å². The Kier molecular flexibility index (Phi) is 6.36. The quantitative estimate of drug-likeness (QED) is 0.275. The summed E-state index contributed by atoms with van der Waals surface area (Å²) in [5.74, 6) is 0. The van der Waals surface area contributed by atoms with Crippen LogP contribution in [0.25, 0.3) is 11.1 Å². The van der Waals surface area contributed by atoms with Crippen molar-refractivity contribution in [1.29, 1.82) is 0 Å². The number of fused-ring (bicyclic) bond motifs is 2. The number of rotatable bonds is 2. The molecule has 2 radical (unpaired) electrons. The van der Waals surface area contributed by atoms with Crippen LogP contribution in [0.15, 0.2) is 35.4 Å². The molecular weight excluding hydrogens is 503 g/mol. The van der Waals surface area contributed by atoms with E-state index in [1.807, 2.05) is 0 Å². The van der Waals surface area contributed by atoms with Crippen LogP contribution in [0.5, 0.6) is 0 Å². The molecule has 0 saturated carbocycles. The van der Waals surface area contributed by atoms with Crippen LogP contribution in [0.2, 0.25) is 0 Å². The average Bonchev–Trinajstić information content (AvgIpc) is 2.94. The first kappa shape index (κ1) is 24.2. The molecule has 0 heterocycles. The summed E-state index contributed by atoms with van der Waals surface area (Å²) in [6, 6.07) is 9.16. The summed E-state index contributed by atoms with van der Waals surface area (Å²) in [5.41, 5.74) is 15.3. The van der Waals surface area contributed by atoms with Gasteiger partial charge in [0, 0.05) is 26.2 Å². The molecule has 2 aliphatic carbocycles. The van der Waals surface area contributed by atoms with Crippen molar-refractivity contribution in [3.63, 3.8) is 0 Å². The summed E-state index contributed by atoms with van der Waals surface area (Å²) >= 11 is 15.1. The van der Waals surface area contributed by atoms with E-state index in [2.05, 4.69) is 79.7 Å². The van der Waals surface area contributed by atoms with E-state index in [9.17, 15) is 0 Å². The first-order chi connectivity index (χ1) is 13.4. The van der Waals surface area contributed by atoms with E-state index >= 15 is 0 Å². The second-order valence-corrected chi connectivity index (χ2v) is 12.4. The number of hydrogen-bond donors (Lipinski definition) is 0. The van der Waals surface area contributed by atoms with E-state index in [0.717, 1.165) is 0 Å². The second kappa shape index (κ2) is 7.87. The molecule has 2 aromatic carbocycles. The van der Waals surface area contributed by atoms with Crippen molar-refractivity contribution < 1.29 is 26.2 Å². The average molecular weight is 531 g/mol. The smallest absolute Gasteiger partial charge is 0.114 e. The largest absolute Gasteiger partial charge is 0.118 e. The first-order valence-electron chi connectivity index (χ1n) is 10.2. The van der Waals surface area contributed by atoms with Crippen LogP contribution in [0.3, 0.4) is 0 Å². The Labute approximate surface area is 213 Å². The van der Waals surface area contributed by atoms with Gasteiger partial charge in [-0.1, -0.05) is 24.3 Å². The van der Waals surface area contributed by atoms with Gasteiger partial charge in [0.1, 0.15) is 9.52 Å². The van der Waals surface area contributed by atoms with Gasteiger partial charge in [0.15, 0.2) is 0 Å². The van der Waals surface area contributed by atoms with Gasteiger partial charge >= 0.3 is 0 Å². The molecule has 154 valence electrons. The fourth-order valence-electron chi connectivity index (χ4n) is 4.71. The minimum absolute atomic E-state index is 0. The van der Waals surface area contributed by atoms with Crippen LogP contribution < -0.4 is 0 Å². The second-order valence-electron chi connectivity index (χ2n) is 8.91. The van der Waals surface area contributed by atoms with Crippen LogP contribution in [-0.2, 0) is 35.2 Å². The van der Waals surface area contributed by atoms with Gasteiger partial charge in [0.05, 0.1) is 8.99 Å². The summed E-state index contributed by atoms with van der Waals surface area (Å²) in [4.78, 5) is 0. The van der Waals surface area contributed by atoms with Crippen LogP contribution >= 0.6 is 23.2 Å². The molecule has 2 aromatic rings. The van der Waals surface area contributed by atoms with Crippen molar-refractivity contribution in [1.82, 2.24) is 0 Å². The van der Waals surface area contributed by atoms with Crippen molar-refractivity contribution in [2.75, 3.05) is 0 Å². The predicted octanol–water partition coefficient (Wildman–Crippen LogP) is 7.72. The Morgan fingerprint density at radius 2 is 0.867 bits per heavy atom. The van der Waals surface area contributed by atoms with Gasteiger partial charge in [0.2, 0.25) is 0 Å². The van der Waals surface area contributed by atoms with Crippen molar-refractivity contribution in [3.8, 4) is 0 Å². The molecule has 4 heteroatoms. The van der Waals surface area contributed by atoms with E-state index in [4.69, 9.17) is 23.2 Å². The van der Waals surface area contributed by atoms with Gasteiger partial charge in [0.25, 0.3) is 0 Å². The van der Waals surface area contributed by atoms with E-state index in [0.29, 0.717) is 9.52 Å². The number of halogens is 2. The minimum Gasteiger partial charge on any atom is -0.114 e. The van der Waals surface area contributed by atoms with Crippen molar-refractivity contribution >= 4 is 43.9 Å². The van der Waals surface area contributed by atoms with Gasteiger partial charge in [-0.25, -0.2) is 0 Å². The molecule has 30 heavy (non-hydrogen) atoms. The predicted molar refractivity (Wildman–Crippen MR) is 129 cm³/mol. The molecule has 0 bridgehead atoms. The van der Waals surface area contributed by atoms with Crippen LogP contribution in [-0.4, -0.2) is 9.52 Å². The molecule has 0 amide bonds. The van der Waals surface area contributed by atoms with E-state index < -0.39 is 8.99 Å². The monoisotopic (exact) mass is 528 g/mol. The Morgan fingerprint density at radius 3 is 1.20 bits per heavy atom. The van der Waals surface area contributed by atoms with E-state index in [1.165, 1.54) is 66.8 Å². The number of benzene rings is 2. The number of aryl methyl sites for hydroxylation is 4.